The van der Waals surface area contributed by atoms with E-state index in [0.29, 0.717) is 27.7 Å². The molecule has 2 unspecified atom stereocenters. The maximum absolute atomic E-state index is 11.6. The Morgan fingerprint density at radius 1 is 1.61 bits per heavy atom. The molecule has 0 fully saturated rings. The third kappa shape index (κ3) is 2.59. The maximum atomic E-state index is 11.6. The quantitative estimate of drug-likeness (QED) is 0.871. The van der Waals surface area contributed by atoms with E-state index in [1.807, 2.05) is 13.8 Å². The second-order valence-electron chi connectivity index (χ2n) is 4.72. The highest BCUT2D eigenvalue weighted by Crippen LogP contribution is 2.38. The first-order chi connectivity index (χ1) is 8.32. The van der Waals surface area contributed by atoms with Gasteiger partial charge in [0.1, 0.15) is 15.2 Å². The third-order valence-electron chi connectivity index (χ3n) is 2.65. The van der Waals surface area contributed by atoms with Crippen LogP contribution in [0.2, 0.25) is 4.34 Å². The van der Waals surface area contributed by atoms with Crippen molar-refractivity contribution >= 4 is 39.9 Å². The Kier molecular flexibility index (Phi) is 3.77. The second-order valence-corrected chi connectivity index (χ2v) is 7.12. The van der Waals surface area contributed by atoms with E-state index in [2.05, 4.69) is 9.53 Å². The minimum Gasteiger partial charge on any atom is -0.389 e. The predicted octanol–water partition coefficient (Wildman–Crippen LogP) is 2.92. The number of hydrogen-bond acceptors (Lipinski definition) is 5. The van der Waals surface area contributed by atoms with Crippen LogP contribution in [0.5, 0.6) is 0 Å². The van der Waals surface area contributed by atoms with E-state index in [9.17, 15) is 8.76 Å². The Bertz CT molecular complexity index is 508. The molecule has 2 atom stereocenters. The molecule has 0 saturated heterocycles. The fourth-order valence-electron chi connectivity index (χ4n) is 1.85. The first-order valence-corrected chi connectivity index (χ1v) is 7.60. The molecule has 1 aliphatic heterocycles. The summed E-state index contributed by atoms with van der Waals surface area (Å²) < 4.78 is 25.6. The number of rotatable bonds is 3. The van der Waals surface area contributed by atoms with Gasteiger partial charge in [0, 0.05) is 12.0 Å². The van der Waals surface area contributed by atoms with Crippen molar-refractivity contribution in [1.29, 1.82) is 0 Å². The summed E-state index contributed by atoms with van der Waals surface area (Å²) in [4.78, 5) is 5.24. The highest BCUT2D eigenvalue weighted by Gasteiger charge is 2.38. The van der Waals surface area contributed by atoms with Crippen LogP contribution in [0.15, 0.2) is 5.16 Å². The largest absolute Gasteiger partial charge is 0.389 e. The van der Waals surface area contributed by atoms with E-state index < -0.39 is 21.9 Å². The van der Waals surface area contributed by atoms with Gasteiger partial charge in [0.15, 0.2) is 11.1 Å². The number of aromatic nitrogens is 1. The zero-order valence-electron chi connectivity index (χ0n) is 10.1. The molecule has 0 amide bonds. The van der Waals surface area contributed by atoms with Gasteiger partial charge < -0.3 is 9.39 Å². The number of halogens is 1. The zero-order valence-corrected chi connectivity index (χ0v) is 12.5. The summed E-state index contributed by atoms with van der Waals surface area (Å²) in [6.07, 6.45) is 0.496. The van der Waals surface area contributed by atoms with Crippen LogP contribution in [0.25, 0.3) is 0 Å². The van der Waals surface area contributed by atoms with Gasteiger partial charge in [0.05, 0.1) is 11.4 Å². The van der Waals surface area contributed by atoms with Crippen LogP contribution in [-0.2, 0) is 15.9 Å². The summed E-state index contributed by atoms with van der Waals surface area (Å²) in [5.41, 5.74) is 1.31. The number of oxime groups is 1. The Labute approximate surface area is 117 Å². The van der Waals surface area contributed by atoms with E-state index in [0.717, 1.165) is 11.5 Å². The lowest BCUT2D eigenvalue weighted by atomic mass is 9.98. The monoisotopic (exact) mass is 308 g/mol. The lowest BCUT2D eigenvalue weighted by Gasteiger charge is -2.15. The van der Waals surface area contributed by atoms with E-state index in [4.69, 9.17) is 16.4 Å². The van der Waals surface area contributed by atoms with Crippen LogP contribution in [0.4, 0.5) is 0 Å². The van der Waals surface area contributed by atoms with Crippen LogP contribution in [0, 0.1) is 6.92 Å². The molecule has 0 saturated carbocycles. The average molecular weight is 309 g/mol. The van der Waals surface area contributed by atoms with Gasteiger partial charge in [0.2, 0.25) is 0 Å². The van der Waals surface area contributed by atoms with Gasteiger partial charge in [-0.25, -0.2) is 4.21 Å². The van der Waals surface area contributed by atoms with E-state index in [-0.39, 0.29) is 0 Å². The Balaban J connectivity index is 2.40. The van der Waals surface area contributed by atoms with Crippen LogP contribution in [0.3, 0.4) is 0 Å². The summed E-state index contributed by atoms with van der Waals surface area (Å²) in [6, 6.07) is 0. The number of nitrogens with zero attached hydrogens (tertiary/aromatic N) is 2. The molecule has 18 heavy (non-hydrogen) atoms. The molecule has 0 radical (unpaired) electrons. The van der Waals surface area contributed by atoms with Crippen LogP contribution < -0.4 is 0 Å². The molecule has 2 heterocycles. The Hall–Kier alpha value is -0.500. The highest BCUT2D eigenvalue weighted by molar-refractivity contribution is 7.80. The first kappa shape index (κ1) is 13.9. The van der Waals surface area contributed by atoms with Gasteiger partial charge in [-0.05, 0) is 32.3 Å². The molecule has 1 aromatic heterocycles. The maximum Gasteiger partial charge on any atom is 0.166 e. The summed E-state index contributed by atoms with van der Waals surface area (Å²) in [5.74, 6) is 0. The molecule has 0 aliphatic carbocycles. The summed E-state index contributed by atoms with van der Waals surface area (Å²) in [5, 5.41) is 3.16. The number of hydrogen-bond donors (Lipinski definition) is 1. The lowest BCUT2D eigenvalue weighted by Crippen LogP contribution is -2.23. The highest BCUT2D eigenvalue weighted by atomic mass is 35.5. The van der Waals surface area contributed by atoms with Gasteiger partial charge in [0.25, 0.3) is 0 Å². The predicted molar refractivity (Wildman–Crippen MR) is 72.6 cm³/mol. The minimum atomic E-state index is -2.10. The molecule has 0 spiro atoms. The van der Waals surface area contributed by atoms with E-state index >= 15 is 0 Å². The fraction of sp³-hybridized carbons (Fsp3) is 0.600. The third-order valence-corrected chi connectivity index (χ3v) is 4.71. The van der Waals surface area contributed by atoms with Gasteiger partial charge >= 0.3 is 0 Å². The van der Waals surface area contributed by atoms with E-state index in [1.165, 1.54) is 0 Å². The normalized spacial score (nSPS) is 21.3. The van der Waals surface area contributed by atoms with Gasteiger partial charge in [-0.15, -0.1) is 0 Å². The zero-order chi connectivity index (χ0) is 13.5. The molecular weight excluding hydrogens is 296 g/mol. The molecule has 100 valence electrons. The van der Waals surface area contributed by atoms with Crippen molar-refractivity contribution in [1.82, 2.24) is 4.37 Å². The summed E-state index contributed by atoms with van der Waals surface area (Å²) in [6.45, 7) is 5.52. The summed E-state index contributed by atoms with van der Waals surface area (Å²) >= 11 is 5.05. The van der Waals surface area contributed by atoms with Crippen molar-refractivity contribution in [2.24, 2.45) is 5.16 Å². The second kappa shape index (κ2) is 4.88. The van der Waals surface area contributed by atoms with Gasteiger partial charge in [-0.3, -0.25) is 0 Å². The molecular formula is C10H13ClN2O3S2. The Morgan fingerprint density at radius 2 is 2.28 bits per heavy atom. The average Bonchev–Trinajstić information content (AvgIpc) is 2.75. The molecule has 2 rings (SSSR count). The van der Waals surface area contributed by atoms with Crippen molar-refractivity contribution in [3.8, 4) is 0 Å². The smallest absolute Gasteiger partial charge is 0.166 e. The van der Waals surface area contributed by atoms with Gasteiger partial charge in [-0.1, -0.05) is 16.8 Å². The van der Waals surface area contributed by atoms with Crippen LogP contribution >= 0.6 is 23.1 Å². The standard InChI is InChI=1S/C10H13ClN2O3S2/c1-5-7(9(11)17-13-5)8(18(14)15)6-4-10(2,3)16-12-6/h8H,4H2,1-3H3,(H,14,15). The van der Waals surface area contributed by atoms with E-state index in [1.54, 1.807) is 6.92 Å². The molecule has 1 aromatic rings. The fourth-order valence-corrected chi connectivity index (χ4v) is 3.87. The molecule has 0 aromatic carbocycles. The SMILES string of the molecule is Cc1nsc(Cl)c1C(C1=NOC(C)(C)C1)S(=O)O. The van der Waals surface area contributed by atoms with Crippen molar-refractivity contribution in [2.45, 2.75) is 38.0 Å². The van der Waals surface area contributed by atoms with Crippen LogP contribution in [0.1, 0.15) is 36.8 Å². The molecule has 5 nitrogen and oxygen atoms in total. The molecule has 1 N–H and O–H groups in total. The van der Waals surface area contributed by atoms with Crippen molar-refractivity contribution in [3.63, 3.8) is 0 Å². The van der Waals surface area contributed by atoms with Crippen molar-refractivity contribution in [3.05, 3.63) is 15.6 Å². The lowest BCUT2D eigenvalue weighted by molar-refractivity contribution is 0.0123. The Morgan fingerprint density at radius 3 is 2.67 bits per heavy atom. The number of aryl methyl sites for hydroxylation is 1. The van der Waals surface area contributed by atoms with Gasteiger partial charge in [-0.2, -0.15) is 4.37 Å². The van der Waals surface area contributed by atoms with Crippen molar-refractivity contribution < 1.29 is 13.6 Å². The topological polar surface area (TPSA) is 71.8 Å². The first-order valence-electron chi connectivity index (χ1n) is 5.28. The van der Waals surface area contributed by atoms with Crippen LogP contribution in [-0.4, -0.2) is 24.4 Å². The summed E-state index contributed by atoms with van der Waals surface area (Å²) in [7, 11) is 0. The molecule has 0 bridgehead atoms. The minimum absolute atomic E-state index is 0.423. The molecule has 8 heteroatoms. The molecule has 1 aliphatic rings. The van der Waals surface area contributed by atoms with Crippen molar-refractivity contribution in [2.75, 3.05) is 0 Å².